The zero-order chi connectivity index (χ0) is 16.8. The quantitative estimate of drug-likeness (QED) is 0.852. The van der Waals surface area contributed by atoms with Crippen LogP contribution in [0.15, 0.2) is 40.8 Å². The molecule has 0 unspecified atom stereocenters. The van der Waals surface area contributed by atoms with Crippen molar-refractivity contribution in [1.82, 2.24) is 4.90 Å². The summed E-state index contributed by atoms with van der Waals surface area (Å²) in [6.45, 7) is 0.173. The molecule has 1 heterocycles. The Kier molecular flexibility index (Phi) is 5.51. The van der Waals surface area contributed by atoms with Gasteiger partial charge in [-0.3, -0.25) is 9.59 Å². The van der Waals surface area contributed by atoms with Gasteiger partial charge in [-0.25, -0.2) is 4.39 Å². The number of carboxylic acids is 1. The average molecular weight is 319 g/mol. The molecule has 0 fully saturated rings. The molecular weight excluding hydrogens is 301 g/mol. The van der Waals surface area contributed by atoms with Crippen molar-refractivity contribution in [3.8, 4) is 11.3 Å². The predicted molar refractivity (Wildman–Crippen MR) is 82.3 cm³/mol. The van der Waals surface area contributed by atoms with Gasteiger partial charge in [-0.05, 0) is 24.3 Å². The van der Waals surface area contributed by atoms with Crippen LogP contribution in [0, 0.1) is 5.82 Å². The van der Waals surface area contributed by atoms with E-state index >= 15 is 0 Å². The molecule has 0 aliphatic carbocycles. The van der Waals surface area contributed by atoms with E-state index in [4.69, 9.17) is 9.52 Å². The van der Waals surface area contributed by atoms with Crippen molar-refractivity contribution in [2.75, 3.05) is 13.6 Å². The fourth-order valence-electron chi connectivity index (χ4n) is 2.13. The monoisotopic (exact) mass is 319 g/mol. The number of furan rings is 1. The van der Waals surface area contributed by atoms with Crippen LogP contribution >= 0.6 is 0 Å². The molecule has 2 aromatic rings. The van der Waals surface area contributed by atoms with Crippen molar-refractivity contribution in [2.45, 2.75) is 19.3 Å². The number of nitrogens with zero attached hydrogens (tertiary/aromatic N) is 1. The molecule has 0 aliphatic heterocycles. The van der Waals surface area contributed by atoms with Crippen LogP contribution in [0.5, 0.6) is 0 Å². The third-order valence-corrected chi connectivity index (χ3v) is 3.47. The standard InChI is InChI=1S/C17H18FNO4/c1-19(11-10-17(21)22)16(20)9-7-12-6-8-15(23-12)13-4-2-3-5-14(13)18/h2-6,8H,7,9-11H2,1H3,(H,21,22). The minimum absolute atomic E-state index is 0.0829. The van der Waals surface area contributed by atoms with Gasteiger partial charge in [-0.1, -0.05) is 12.1 Å². The van der Waals surface area contributed by atoms with Crippen molar-refractivity contribution in [3.63, 3.8) is 0 Å². The zero-order valence-corrected chi connectivity index (χ0v) is 12.8. The largest absolute Gasteiger partial charge is 0.481 e. The smallest absolute Gasteiger partial charge is 0.305 e. The van der Waals surface area contributed by atoms with Gasteiger partial charge in [0.25, 0.3) is 0 Å². The number of benzene rings is 1. The first-order valence-corrected chi connectivity index (χ1v) is 7.26. The first-order valence-electron chi connectivity index (χ1n) is 7.26. The summed E-state index contributed by atoms with van der Waals surface area (Å²) in [5.41, 5.74) is 0.378. The van der Waals surface area contributed by atoms with Crippen LogP contribution in [0.25, 0.3) is 11.3 Å². The molecule has 122 valence electrons. The molecule has 1 N–H and O–H groups in total. The number of carbonyl (C=O) groups excluding carboxylic acids is 1. The van der Waals surface area contributed by atoms with Gasteiger partial charge in [0.2, 0.25) is 5.91 Å². The number of amides is 1. The number of halogens is 1. The Bertz CT molecular complexity index is 695. The van der Waals surface area contributed by atoms with Gasteiger partial charge in [-0.2, -0.15) is 0 Å². The number of carbonyl (C=O) groups is 2. The lowest BCUT2D eigenvalue weighted by Crippen LogP contribution is -2.29. The van der Waals surface area contributed by atoms with Crippen LogP contribution in [0.2, 0.25) is 0 Å². The van der Waals surface area contributed by atoms with Gasteiger partial charge in [0.15, 0.2) is 0 Å². The summed E-state index contributed by atoms with van der Waals surface area (Å²) in [7, 11) is 1.57. The summed E-state index contributed by atoms with van der Waals surface area (Å²) in [4.78, 5) is 23.8. The van der Waals surface area contributed by atoms with Crippen molar-refractivity contribution >= 4 is 11.9 Å². The topological polar surface area (TPSA) is 70.8 Å². The molecule has 6 heteroatoms. The molecule has 0 saturated heterocycles. The van der Waals surface area contributed by atoms with Crippen molar-refractivity contribution in [2.24, 2.45) is 0 Å². The highest BCUT2D eigenvalue weighted by Crippen LogP contribution is 2.25. The van der Waals surface area contributed by atoms with Crippen LogP contribution in [-0.4, -0.2) is 35.5 Å². The van der Waals surface area contributed by atoms with E-state index in [0.717, 1.165) is 0 Å². The van der Waals surface area contributed by atoms with Crippen LogP contribution in [0.3, 0.4) is 0 Å². The third kappa shape index (κ3) is 4.67. The van der Waals surface area contributed by atoms with Gasteiger partial charge >= 0.3 is 5.97 Å². The molecule has 0 bridgehead atoms. The second-order valence-electron chi connectivity index (χ2n) is 5.20. The molecule has 0 atom stereocenters. The molecule has 0 spiro atoms. The Morgan fingerprint density at radius 1 is 1.17 bits per heavy atom. The summed E-state index contributed by atoms with van der Waals surface area (Å²) >= 11 is 0. The second-order valence-corrected chi connectivity index (χ2v) is 5.20. The third-order valence-electron chi connectivity index (χ3n) is 3.47. The van der Waals surface area contributed by atoms with E-state index in [-0.39, 0.29) is 31.1 Å². The maximum absolute atomic E-state index is 13.7. The summed E-state index contributed by atoms with van der Waals surface area (Å²) in [5, 5.41) is 8.60. The highest BCUT2D eigenvalue weighted by atomic mass is 19.1. The molecule has 1 aromatic heterocycles. The lowest BCUT2D eigenvalue weighted by atomic mass is 10.1. The molecule has 1 aromatic carbocycles. The van der Waals surface area contributed by atoms with Crippen LogP contribution in [0.4, 0.5) is 4.39 Å². The highest BCUT2D eigenvalue weighted by molar-refractivity contribution is 5.77. The second kappa shape index (κ2) is 7.58. The van der Waals surface area contributed by atoms with Gasteiger partial charge in [0.1, 0.15) is 17.3 Å². The summed E-state index contributed by atoms with van der Waals surface area (Å²) < 4.78 is 19.3. The van der Waals surface area contributed by atoms with E-state index in [1.165, 1.54) is 11.0 Å². The molecule has 0 radical (unpaired) electrons. The number of aryl methyl sites for hydroxylation is 1. The molecule has 5 nitrogen and oxygen atoms in total. The zero-order valence-electron chi connectivity index (χ0n) is 12.8. The van der Waals surface area contributed by atoms with Gasteiger partial charge < -0.3 is 14.4 Å². The predicted octanol–water partition coefficient (Wildman–Crippen LogP) is 2.95. The first kappa shape index (κ1) is 16.7. The molecule has 2 rings (SSSR count). The number of aliphatic carboxylic acids is 1. The van der Waals surface area contributed by atoms with E-state index in [9.17, 15) is 14.0 Å². The molecule has 0 saturated carbocycles. The Hall–Kier alpha value is -2.63. The van der Waals surface area contributed by atoms with E-state index in [1.807, 2.05) is 0 Å². The van der Waals surface area contributed by atoms with E-state index < -0.39 is 5.97 Å². The summed E-state index contributed by atoms with van der Waals surface area (Å²) in [6.07, 6.45) is 0.505. The lowest BCUT2D eigenvalue weighted by Gasteiger charge is -2.15. The molecule has 1 amide bonds. The Labute approximate surface area is 133 Å². The lowest BCUT2D eigenvalue weighted by molar-refractivity contribution is -0.138. The van der Waals surface area contributed by atoms with Crippen LogP contribution < -0.4 is 0 Å². The molecule has 23 heavy (non-hydrogen) atoms. The maximum Gasteiger partial charge on any atom is 0.305 e. The van der Waals surface area contributed by atoms with E-state index in [0.29, 0.717) is 23.5 Å². The van der Waals surface area contributed by atoms with Crippen LogP contribution in [-0.2, 0) is 16.0 Å². The van der Waals surface area contributed by atoms with E-state index in [2.05, 4.69) is 0 Å². The number of hydrogen-bond acceptors (Lipinski definition) is 3. The Morgan fingerprint density at radius 2 is 1.91 bits per heavy atom. The normalized spacial score (nSPS) is 10.5. The maximum atomic E-state index is 13.7. The molecular formula is C17H18FNO4. The minimum atomic E-state index is -0.940. The Morgan fingerprint density at radius 3 is 2.61 bits per heavy atom. The average Bonchev–Trinajstić information content (AvgIpc) is 2.99. The number of rotatable bonds is 7. The first-order chi connectivity index (χ1) is 11.0. The fourth-order valence-corrected chi connectivity index (χ4v) is 2.13. The molecule has 0 aliphatic rings. The van der Waals surface area contributed by atoms with Gasteiger partial charge in [0, 0.05) is 26.4 Å². The fraction of sp³-hybridized carbons (Fsp3) is 0.294. The summed E-state index contributed by atoms with van der Waals surface area (Å²) in [6, 6.07) is 9.70. The van der Waals surface area contributed by atoms with Gasteiger partial charge in [-0.15, -0.1) is 0 Å². The van der Waals surface area contributed by atoms with E-state index in [1.54, 1.807) is 37.4 Å². The van der Waals surface area contributed by atoms with Crippen molar-refractivity contribution in [1.29, 1.82) is 0 Å². The highest BCUT2D eigenvalue weighted by Gasteiger charge is 2.13. The van der Waals surface area contributed by atoms with Gasteiger partial charge in [0.05, 0.1) is 12.0 Å². The number of hydrogen-bond donors (Lipinski definition) is 1. The number of carboxylic acid groups (broad SMARTS) is 1. The van der Waals surface area contributed by atoms with Crippen molar-refractivity contribution in [3.05, 3.63) is 48.0 Å². The Balaban J connectivity index is 1.91. The SMILES string of the molecule is CN(CCC(=O)O)C(=O)CCc1ccc(-c2ccccc2F)o1. The van der Waals surface area contributed by atoms with Crippen molar-refractivity contribution < 1.29 is 23.5 Å². The summed E-state index contributed by atoms with van der Waals surface area (Å²) in [5.74, 6) is -0.453. The van der Waals surface area contributed by atoms with Crippen LogP contribution in [0.1, 0.15) is 18.6 Å². The minimum Gasteiger partial charge on any atom is -0.481 e.